The van der Waals surface area contributed by atoms with E-state index in [1.807, 2.05) is 35.7 Å². The first-order valence-corrected chi connectivity index (χ1v) is 6.18. The van der Waals surface area contributed by atoms with E-state index in [9.17, 15) is 4.79 Å². The molecular weight excluding hydrogens is 238 g/mol. The number of nitrogens with one attached hydrogen (secondary N) is 1. The molecule has 0 saturated carbocycles. The van der Waals surface area contributed by atoms with E-state index >= 15 is 0 Å². The van der Waals surface area contributed by atoms with E-state index in [-0.39, 0.29) is 5.91 Å². The normalized spacial score (nSPS) is 10.1. The van der Waals surface area contributed by atoms with Crippen molar-refractivity contribution in [2.24, 2.45) is 0 Å². The van der Waals surface area contributed by atoms with Gasteiger partial charge in [-0.05, 0) is 11.6 Å². The zero-order chi connectivity index (χ0) is 11.4. The molecule has 2 rings (SSSR count). The van der Waals surface area contributed by atoms with Crippen molar-refractivity contribution in [2.45, 2.75) is 11.4 Å². The molecule has 16 heavy (non-hydrogen) atoms. The molecule has 1 aromatic carbocycles. The van der Waals surface area contributed by atoms with E-state index in [1.54, 1.807) is 6.07 Å². The largest absolute Gasteiger partial charge is 0.347 e. The van der Waals surface area contributed by atoms with E-state index in [2.05, 4.69) is 17.9 Å². The topological polar surface area (TPSA) is 29.1 Å². The van der Waals surface area contributed by atoms with Crippen molar-refractivity contribution in [3.8, 4) is 0 Å². The average molecular weight is 249 g/mol. The zero-order valence-electron chi connectivity index (χ0n) is 8.51. The molecule has 1 N–H and O–H groups in total. The highest BCUT2D eigenvalue weighted by atomic mass is 32.1. The highest BCUT2D eigenvalue weighted by Gasteiger charge is 2.07. The monoisotopic (exact) mass is 249 g/mol. The number of carbonyl (C=O) groups is 1. The molecule has 0 unspecified atom stereocenters. The van der Waals surface area contributed by atoms with Gasteiger partial charge in [0.25, 0.3) is 5.91 Å². The third kappa shape index (κ3) is 2.87. The van der Waals surface area contributed by atoms with Crippen LogP contribution in [-0.2, 0) is 6.54 Å². The third-order valence-electron chi connectivity index (χ3n) is 2.11. The zero-order valence-corrected chi connectivity index (χ0v) is 10.2. The Morgan fingerprint density at radius 1 is 1.31 bits per heavy atom. The number of hydrogen-bond donors (Lipinski definition) is 2. The van der Waals surface area contributed by atoms with Crippen LogP contribution in [0.4, 0.5) is 0 Å². The predicted molar refractivity (Wildman–Crippen MR) is 69.2 cm³/mol. The number of thiol groups is 1. The number of rotatable bonds is 3. The molecule has 1 heterocycles. The summed E-state index contributed by atoms with van der Waals surface area (Å²) >= 11 is 5.57. The molecule has 0 aliphatic heterocycles. The molecular formula is C12H11NOS2. The van der Waals surface area contributed by atoms with Crippen LogP contribution in [0.2, 0.25) is 0 Å². The molecule has 0 saturated heterocycles. The van der Waals surface area contributed by atoms with Crippen molar-refractivity contribution in [3.05, 3.63) is 52.2 Å². The van der Waals surface area contributed by atoms with Crippen LogP contribution in [0, 0.1) is 0 Å². The summed E-state index contributed by atoms with van der Waals surface area (Å²) in [5.74, 6) is -0.0471. The van der Waals surface area contributed by atoms with E-state index < -0.39 is 0 Å². The van der Waals surface area contributed by atoms with Crippen LogP contribution >= 0.6 is 24.0 Å². The Morgan fingerprint density at radius 3 is 2.69 bits per heavy atom. The first-order chi connectivity index (χ1) is 7.75. The number of carbonyl (C=O) groups excluding carboxylic acids is 1. The van der Waals surface area contributed by atoms with Crippen LogP contribution < -0.4 is 5.32 Å². The van der Waals surface area contributed by atoms with E-state index in [0.29, 0.717) is 11.4 Å². The van der Waals surface area contributed by atoms with Gasteiger partial charge in [-0.2, -0.15) is 0 Å². The standard InChI is InChI=1S/C12H11NOS2/c14-12(11-6-10(15)8-16-11)13-7-9-4-2-1-3-5-9/h1-6,8,15H,7H2,(H,13,14). The molecule has 2 nitrogen and oxygen atoms in total. The van der Waals surface area contributed by atoms with Gasteiger partial charge in [-0.3, -0.25) is 4.79 Å². The van der Waals surface area contributed by atoms with E-state index in [1.165, 1.54) is 11.3 Å². The van der Waals surface area contributed by atoms with Crippen molar-refractivity contribution >= 4 is 29.9 Å². The summed E-state index contributed by atoms with van der Waals surface area (Å²) in [7, 11) is 0. The first kappa shape index (κ1) is 11.2. The summed E-state index contributed by atoms with van der Waals surface area (Å²) in [4.78, 5) is 13.2. The van der Waals surface area contributed by atoms with Gasteiger partial charge in [-0.1, -0.05) is 30.3 Å². The van der Waals surface area contributed by atoms with Gasteiger partial charge >= 0.3 is 0 Å². The van der Waals surface area contributed by atoms with Crippen molar-refractivity contribution in [1.82, 2.24) is 5.32 Å². The third-order valence-corrected chi connectivity index (χ3v) is 3.47. The van der Waals surface area contributed by atoms with Crippen molar-refractivity contribution in [1.29, 1.82) is 0 Å². The number of amides is 1. The van der Waals surface area contributed by atoms with Crippen LogP contribution in [0.1, 0.15) is 15.2 Å². The Labute approximate surface area is 104 Å². The number of hydrogen-bond acceptors (Lipinski definition) is 3. The van der Waals surface area contributed by atoms with Gasteiger partial charge < -0.3 is 5.32 Å². The summed E-state index contributed by atoms with van der Waals surface area (Å²) in [6.45, 7) is 0.555. The fraction of sp³-hybridized carbons (Fsp3) is 0.0833. The van der Waals surface area contributed by atoms with Crippen molar-refractivity contribution in [3.63, 3.8) is 0 Å². The molecule has 4 heteroatoms. The van der Waals surface area contributed by atoms with Gasteiger partial charge in [0.05, 0.1) is 4.88 Å². The smallest absolute Gasteiger partial charge is 0.261 e. The van der Waals surface area contributed by atoms with Gasteiger partial charge in [0.15, 0.2) is 0 Å². The molecule has 0 bridgehead atoms. The first-order valence-electron chi connectivity index (χ1n) is 4.85. The fourth-order valence-electron chi connectivity index (χ4n) is 1.31. The summed E-state index contributed by atoms with van der Waals surface area (Å²) in [6, 6.07) is 11.6. The molecule has 0 radical (unpaired) electrons. The van der Waals surface area contributed by atoms with Crippen molar-refractivity contribution in [2.75, 3.05) is 0 Å². The van der Waals surface area contributed by atoms with Crippen LogP contribution in [0.25, 0.3) is 0 Å². The maximum absolute atomic E-state index is 11.7. The van der Waals surface area contributed by atoms with Gasteiger partial charge in [-0.25, -0.2) is 0 Å². The Balaban J connectivity index is 1.94. The highest BCUT2D eigenvalue weighted by molar-refractivity contribution is 7.80. The van der Waals surface area contributed by atoms with Crippen LogP contribution in [0.3, 0.4) is 0 Å². The van der Waals surface area contributed by atoms with E-state index in [4.69, 9.17) is 0 Å². The lowest BCUT2D eigenvalue weighted by Crippen LogP contribution is -2.21. The maximum atomic E-state index is 11.7. The minimum absolute atomic E-state index is 0.0471. The molecule has 0 aliphatic carbocycles. The Bertz CT molecular complexity index is 479. The molecule has 0 aliphatic rings. The number of benzene rings is 1. The summed E-state index contributed by atoms with van der Waals surface area (Å²) in [5, 5.41) is 4.71. The SMILES string of the molecule is O=C(NCc1ccccc1)c1cc(S)cs1. The molecule has 0 spiro atoms. The lowest BCUT2D eigenvalue weighted by Gasteiger charge is -2.02. The summed E-state index contributed by atoms with van der Waals surface area (Å²) in [5.41, 5.74) is 1.10. The summed E-state index contributed by atoms with van der Waals surface area (Å²) in [6.07, 6.45) is 0. The second-order valence-corrected chi connectivity index (χ2v) is 4.77. The molecule has 2 aromatic rings. The predicted octanol–water partition coefficient (Wildman–Crippen LogP) is 2.97. The molecule has 0 fully saturated rings. The minimum atomic E-state index is -0.0471. The van der Waals surface area contributed by atoms with Gasteiger partial charge in [-0.15, -0.1) is 24.0 Å². The Morgan fingerprint density at radius 2 is 2.06 bits per heavy atom. The minimum Gasteiger partial charge on any atom is -0.347 e. The lowest BCUT2D eigenvalue weighted by molar-refractivity contribution is 0.0955. The van der Waals surface area contributed by atoms with Crippen molar-refractivity contribution < 1.29 is 4.79 Å². The fourth-order valence-corrected chi connectivity index (χ4v) is 2.38. The van der Waals surface area contributed by atoms with Crippen LogP contribution in [0.15, 0.2) is 46.7 Å². The second-order valence-electron chi connectivity index (χ2n) is 3.34. The Hall–Kier alpha value is -1.26. The lowest BCUT2D eigenvalue weighted by atomic mass is 10.2. The quantitative estimate of drug-likeness (QED) is 0.805. The van der Waals surface area contributed by atoms with Crippen LogP contribution in [-0.4, -0.2) is 5.91 Å². The molecule has 1 aromatic heterocycles. The highest BCUT2D eigenvalue weighted by Crippen LogP contribution is 2.17. The van der Waals surface area contributed by atoms with Crippen LogP contribution in [0.5, 0.6) is 0 Å². The van der Waals surface area contributed by atoms with E-state index in [0.717, 1.165) is 10.5 Å². The number of thiophene rings is 1. The Kier molecular flexibility index (Phi) is 3.64. The van der Waals surface area contributed by atoms with Gasteiger partial charge in [0.1, 0.15) is 0 Å². The average Bonchev–Trinajstić information content (AvgIpc) is 2.74. The van der Waals surface area contributed by atoms with Gasteiger partial charge in [0, 0.05) is 16.8 Å². The molecule has 1 amide bonds. The molecule has 0 atom stereocenters. The second kappa shape index (κ2) is 5.18. The molecule has 82 valence electrons. The summed E-state index contributed by atoms with van der Waals surface area (Å²) < 4.78 is 0. The van der Waals surface area contributed by atoms with Gasteiger partial charge in [0.2, 0.25) is 0 Å². The maximum Gasteiger partial charge on any atom is 0.261 e.